The molecule has 2 heterocycles. The van der Waals surface area contributed by atoms with Crippen LogP contribution in [0.2, 0.25) is 0 Å². The minimum Gasteiger partial charge on any atom is -0.481 e. The number of carbonyl (C=O) groups excluding carboxylic acids is 1. The monoisotopic (exact) mass is 321 g/mol. The number of carboxylic acids is 1. The molecule has 0 aliphatic heterocycles. The molecule has 0 radical (unpaired) electrons. The molecule has 1 amide bonds. The summed E-state index contributed by atoms with van der Waals surface area (Å²) < 4.78 is 5.41. The minimum absolute atomic E-state index is 0.0439. The molecule has 0 fully saturated rings. The maximum Gasteiger partial charge on any atom is 0.304 e. The molecule has 0 saturated heterocycles. The highest BCUT2D eigenvalue weighted by molar-refractivity contribution is 7.10. The van der Waals surface area contributed by atoms with Crippen molar-refractivity contribution in [2.45, 2.75) is 39.2 Å². The molecule has 2 N–H and O–H groups in total. The van der Waals surface area contributed by atoms with Gasteiger partial charge in [-0.15, -0.1) is 11.3 Å². The van der Waals surface area contributed by atoms with Gasteiger partial charge in [-0.3, -0.25) is 9.59 Å². The van der Waals surface area contributed by atoms with E-state index in [1.165, 1.54) is 11.3 Å². The van der Waals surface area contributed by atoms with Crippen molar-refractivity contribution >= 4 is 23.2 Å². The minimum atomic E-state index is -0.896. The van der Waals surface area contributed by atoms with Crippen molar-refractivity contribution in [1.29, 1.82) is 0 Å². The van der Waals surface area contributed by atoms with Crippen LogP contribution in [0.4, 0.5) is 0 Å². The summed E-state index contributed by atoms with van der Waals surface area (Å²) in [5.41, 5.74) is 0.941. The van der Waals surface area contributed by atoms with Crippen LogP contribution in [0.5, 0.6) is 0 Å². The largest absolute Gasteiger partial charge is 0.481 e. The Morgan fingerprint density at radius 2 is 2.14 bits per heavy atom. The number of thiophene rings is 1. The molecule has 0 aromatic carbocycles. The summed E-state index contributed by atoms with van der Waals surface area (Å²) in [5.74, 6) is 0.261. The van der Waals surface area contributed by atoms with Gasteiger partial charge in [0.05, 0.1) is 6.42 Å². The second-order valence-electron chi connectivity index (χ2n) is 5.23. The van der Waals surface area contributed by atoms with Crippen LogP contribution in [0.1, 0.15) is 40.7 Å². The molecular formula is C16H19NO4S. The van der Waals surface area contributed by atoms with Crippen LogP contribution in [-0.4, -0.2) is 17.0 Å². The third-order valence-electron chi connectivity index (χ3n) is 3.42. The SMILES string of the molecule is Cc1cc(CNC(=O)CC(CC(=O)O)c2cccs2)c(C)o1. The van der Waals surface area contributed by atoms with Crippen LogP contribution >= 0.6 is 11.3 Å². The summed E-state index contributed by atoms with van der Waals surface area (Å²) in [5, 5.41) is 13.7. The Morgan fingerprint density at radius 1 is 1.36 bits per heavy atom. The molecule has 2 aromatic rings. The molecule has 0 bridgehead atoms. The van der Waals surface area contributed by atoms with Crippen LogP contribution in [0, 0.1) is 13.8 Å². The van der Waals surface area contributed by atoms with Gasteiger partial charge in [0.15, 0.2) is 0 Å². The third-order valence-corrected chi connectivity index (χ3v) is 4.45. The predicted molar refractivity (Wildman–Crippen MR) is 84.0 cm³/mol. The fourth-order valence-corrected chi connectivity index (χ4v) is 3.19. The van der Waals surface area contributed by atoms with Crippen LogP contribution in [0.25, 0.3) is 0 Å². The van der Waals surface area contributed by atoms with Crippen LogP contribution in [-0.2, 0) is 16.1 Å². The Balaban J connectivity index is 1.93. The van der Waals surface area contributed by atoms with Crippen LogP contribution in [0.15, 0.2) is 28.0 Å². The van der Waals surface area contributed by atoms with E-state index < -0.39 is 5.97 Å². The summed E-state index contributed by atoms with van der Waals surface area (Å²) in [6, 6.07) is 5.63. The molecule has 0 aliphatic carbocycles. The highest BCUT2D eigenvalue weighted by Gasteiger charge is 2.20. The second-order valence-corrected chi connectivity index (χ2v) is 6.21. The van der Waals surface area contributed by atoms with Crippen molar-refractivity contribution in [3.05, 3.63) is 45.5 Å². The van der Waals surface area contributed by atoms with Gasteiger partial charge in [0, 0.05) is 29.3 Å². The number of rotatable bonds is 7. The quantitative estimate of drug-likeness (QED) is 0.820. The van der Waals surface area contributed by atoms with Crippen molar-refractivity contribution in [2.75, 3.05) is 0 Å². The second kappa shape index (κ2) is 7.26. The van der Waals surface area contributed by atoms with Crippen LogP contribution < -0.4 is 5.32 Å². The van der Waals surface area contributed by atoms with Gasteiger partial charge < -0.3 is 14.8 Å². The molecule has 1 atom stereocenters. The lowest BCUT2D eigenvalue weighted by Gasteiger charge is -2.13. The van der Waals surface area contributed by atoms with E-state index in [1.807, 2.05) is 37.4 Å². The van der Waals surface area contributed by atoms with E-state index in [2.05, 4.69) is 5.32 Å². The topological polar surface area (TPSA) is 79.5 Å². The Labute approximate surface area is 133 Å². The molecule has 0 spiro atoms. The number of furan rings is 1. The molecule has 118 valence electrons. The Bertz CT molecular complexity index is 645. The molecule has 0 aliphatic rings. The average molecular weight is 321 g/mol. The maximum atomic E-state index is 12.1. The van der Waals surface area contributed by atoms with E-state index >= 15 is 0 Å². The van der Waals surface area contributed by atoms with Gasteiger partial charge in [-0.25, -0.2) is 0 Å². The van der Waals surface area contributed by atoms with Gasteiger partial charge >= 0.3 is 5.97 Å². The summed E-state index contributed by atoms with van der Waals surface area (Å²) in [4.78, 5) is 24.0. The summed E-state index contributed by atoms with van der Waals surface area (Å²) in [6.07, 6.45) is 0.125. The molecule has 5 nitrogen and oxygen atoms in total. The number of carboxylic acid groups (broad SMARTS) is 1. The van der Waals surface area contributed by atoms with E-state index in [-0.39, 0.29) is 24.7 Å². The molecular weight excluding hydrogens is 302 g/mol. The zero-order valence-electron chi connectivity index (χ0n) is 12.6. The lowest BCUT2D eigenvalue weighted by molar-refractivity contribution is -0.137. The molecule has 2 aromatic heterocycles. The zero-order valence-corrected chi connectivity index (χ0v) is 13.4. The van der Waals surface area contributed by atoms with Crippen LogP contribution in [0.3, 0.4) is 0 Å². The molecule has 0 saturated carbocycles. The summed E-state index contributed by atoms with van der Waals surface area (Å²) >= 11 is 1.48. The lowest BCUT2D eigenvalue weighted by Crippen LogP contribution is -2.25. The molecule has 1 unspecified atom stereocenters. The normalized spacial score (nSPS) is 12.1. The van der Waals surface area contributed by atoms with E-state index in [0.29, 0.717) is 6.54 Å². The third kappa shape index (κ3) is 4.46. The van der Waals surface area contributed by atoms with Gasteiger partial charge in [-0.1, -0.05) is 6.07 Å². The molecule has 2 rings (SSSR count). The van der Waals surface area contributed by atoms with E-state index in [0.717, 1.165) is 22.0 Å². The molecule has 6 heteroatoms. The van der Waals surface area contributed by atoms with Gasteiger partial charge in [0.25, 0.3) is 0 Å². The smallest absolute Gasteiger partial charge is 0.304 e. The molecule has 22 heavy (non-hydrogen) atoms. The average Bonchev–Trinajstić information content (AvgIpc) is 3.05. The van der Waals surface area contributed by atoms with Crippen molar-refractivity contribution in [3.8, 4) is 0 Å². The van der Waals surface area contributed by atoms with E-state index in [1.54, 1.807) is 0 Å². The van der Waals surface area contributed by atoms with E-state index in [4.69, 9.17) is 9.52 Å². The van der Waals surface area contributed by atoms with Crippen molar-refractivity contribution < 1.29 is 19.1 Å². The van der Waals surface area contributed by atoms with Gasteiger partial charge in [0.2, 0.25) is 5.91 Å². The van der Waals surface area contributed by atoms with Gasteiger partial charge in [0.1, 0.15) is 11.5 Å². The Kier molecular flexibility index (Phi) is 5.38. The number of amides is 1. The first-order valence-corrected chi connectivity index (χ1v) is 7.91. The number of hydrogen-bond donors (Lipinski definition) is 2. The van der Waals surface area contributed by atoms with E-state index in [9.17, 15) is 9.59 Å². The van der Waals surface area contributed by atoms with Crippen molar-refractivity contribution in [3.63, 3.8) is 0 Å². The fourth-order valence-electron chi connectivity index (χ4n) is 2.36. The maximum absolute atomic E-state index is 12.1. The van der Waals surface area contributed by atoms with Crippen molar-refractivity contribution in [1.82, 2.24) is 5.32 Å². The van der Waals surface area contributed by atoms with Gasteiger partial charge in [-0.05, 0) is 31.4 Å². The first-order valence-electron chi connectivity index (χ1n) is 7.03. The zero-order chi connectivity index (χ0) is 16.1. The standard InChI is InChI=1S/C16H19NO4S/c1-10-6-13(11(2)21-10)9-17-15(18)7-12(8-16(19)20)14-4-3-5-22-14/h3-6,12H,7-9H2,1-2H3,(H,17,18)(H,19,20). The fraction of sp³-hybridized carbons (Fsp3) is 0.375. The number of aryl methyl sites for hydroxylation is 2. The van der Waals surface area contributed by atoms with Crippen molar-refractivity contribution in [2.24, 2.45) is 0 Å². The highest BCUT2D eigenvalue weighted by Crippen LogP contribution is 2.27. The predicted octanol–water partition coefficient (Wildman–Crippen LogP) is 3.22. The first-order chi connectivity index (χ1) is 10.5. The first kappa shape index (κ1) is 16.3. The summed E-state index contributed by atoms with van der Waals surface area (Å²) in [6.45, 7) is 4.11. The Hall–Kier alpha value is -2.08. The Morgan fingerprint density at radius 3 is 2.68 bits per heavy atom. The number of carbonyl (C=O) groups is 2. The number of aliphatic carboxylic acids is 1. The number of nitrogens with one attached hydrogen (secondary N) is 1. The summed E-state index contributed by atoms with van der Waals surface area (Å²) in [7, 11) is 0. The lowest BCUT2D eigenvalue weighted by atomic mass is 9.99. The number of hydrogen-bond acceptors (Lipinski definition) is 4. The highest BCUT2D eigenvalue weighted by atomic mass is 32.1. The van der Waals surface area contributed by atoms with Gasteiger partial charge in [-0.2, -0.15) is 0 Å².